The van der Waals surface area contributed by atoms with E-state index in [0.717, 1.165) is 17.0 Å². The van der Waals surface area contributed by atoms with Gasteiger partial charge < -0.3 is 11.1 Å². The molecule has 0 fully saturated rings. The van der Waals surface area contributed by atoms with Crippen molar-refractivity contribution in [3.63, 3.8) is 0 Å². The van der Waals surface area contributed by atoms with Crippen LogP contribution in [-0.2, 0) is 12.7 Å². The summed E-state index contributed by atoms with van der Waals surface area (Å²) in [6.45, 7) is 0.303. The van der Waals surface area contributed by atoms with Crippen LogP contribution in [0.1, 0.15) is 20.8 Å². The molecule has 1 amide bonds. The van der Waals surface area contributed by atoms with Crippen LogP contribution in [0.2, 0.25) is 0 Å². The van der Waals surface area contributed by atoms with Crippen LogP contribution in [0.15, 0.2) is 34.1 Å². The van der Waals surface area contributed by atoms with Gasteiger partial charge in [-0.05, 0) is 40.2 Å². The summed E-state index contributed by atoms with van der Waals surface area (Å²) in [6.07, 6.45) is -4.39. The van der Waals surface area contributed by atoms with Gasteiger partial charge in [0, 0.05) is 27.0 Å². The fraction of sp³-hybridized carbons (Fsp3) is 0.154. The molecule has 3 nitrogen and oxygen atoms in total. The Hall–Kier alpha value is -1.54. The van der Waals surface area contributed by atoms with Crippen LogP contribution in [0, 0.1) is 0 Å². The summed E-state index contributed by atoms with van der Waals surface area (Å²) in [6, 6.07) is 4.99. The zero-order chi connectivity index (χ0) is 15.6. The minimum Gasteiger partial charge on any atom is -0.379 e. The highest BCUT2D eigenvalue weighted by Crippen LogP contribution is 2.34. The monoisotopic (exact) mass is 378 g/mol. The first-order chi connectivity index (χ1) is 9.77. The molecule has 0 unspecified atom stereocenters. The summed E-state index contributed by atoms with van der Waals surface area (Å²) in [5.74, 6) is -0.530. The van der Waals surface area contributed by atoms with E-state index in [1.54, 1.807) is 11.4 Å². The lowest BCUT2D eigenvalue weighted by atomic mass is 10.2. The van der Waals surface area contributed by atoms with Gasteiger partial charge in [-0.15, -0.1) is 11.3 Å². The maximum Gasteiger partial charge on any atom is 0.416 e. The summed E-state index contributed by atoms with van der Waals surface area (Å²) < 4.78 is 38.5. The number of benzene rings is 1. The first kappa shape index (κ1) is 15.8. The third-order valence-corrected chi connectivity index (χ3v) is 4.31. The maximum absolute atomic E-state index is 12.7. The minimum atomic E-state index is -4.39. The van der Waals surface area contributed by atoms with Gasteiger partial charge in [0.2, 0.25) is 5.91 Å². The van der Waals surface area contributed by atoms with Crippen molar-refractivity contribution in [3.8, 4) is 0 Å². The van der Waals surface area contributed by atoms with Crippen LogP contribution in [0.25, 0.3) is 0 Å². The van der Waals surface area contributed by atoms with Gasteiger partial charge >= 0.3 is 6.18 Å². The number of nitrogens with one attached hydrogen (secondary N) is 1. The van der Waals surface area contributed by atoms with Crippen LogP contribution in [-0.4, -0.2) is 5.91 Å². The van der Waals surface area contributed by atoms with E-state index in [0.29, 0.717) is 22.3 Å². The Morgan fingerprint density at radius 1 is 1.33 bits per heavy atom. The fourth-order valence-electron chi connectivity index (χ4n) is 1.62. The predicted molar refractivity (Wildman–Crippen MR) is 79.3 cm³/mol. The Morgan fingerprint density at radius 2 is 2.05 bits per heavy atom. The van der Waals surface area contributed by atoms with E-state index in [9.17, 15) is 18.0 Å². The number of hydrogen-bond acceptors (Lipinski definition) is 3. The van der Waals surface area contributed by atoms with Crippen molar-refractivity contribution in [2.45, 2.75) is 12.7 Å². The van der Waals surface area contributed by atoms with Gasteiger partial charge in [0.1, 0.15) is 0 Å². The summed E-state index contributed by atoms with van der Waals surface area (Å²) in [5.41, 5.74) is 5.14. The smallest absolute Gasteiger partial charge is 0.379 e. The summed E-state index contributed by atoms with van der Waals surface area (Å²) in [7, 11) is 0. The largest absolute Gasteiger partial charge is 0.416 e. The average Bonchev–Trinajstić information content (AvgIpc) is 2.85. The lowest BCUT2D eigenvalue weighted by molar-refractivity contribution is -0.137. The van der Waals surface area contributed by atoms with E-state index in [1.165, 1.54) is 17.4 Å². The zero-order valence-electron chi connectivity index (χ0n) is 10.5. The molecule has 0 aliphatic rings. The van der Waals surface area contributed by atoms with Gasteiger partial charge in [-0.3, -0.25) is 4.79 Å². The van der Waals surface area contributed by atoms with Gasteiger partial charge in [-0.25, -0.2) is 0 Å². The molecule has 0 bridgehead atoms. The second-order valence-electron chi connectivity index (χ2n) is 4.21. The quantitative estimate of drug-likeness (QED) is 0.835. The molecular weight excluding hydrogens is 369 g/mol. The zero-order valence-corrected chi connectivity index (χ0v) is 12.9. The molecule has 3 N–H and O–H groups in total. The lowest BCUT2D eigenvalue weighted by Crippen LogP contribution is -2.09. The molecule has 1 aromatic carbocycles. The highest BCUT2D eigenvalue weighted by atomic mass is 79.9. The first-order valence-corrected chi connectivity index (χ1v) is 7.42. The van der Waals surface area contributed by atoms with Gasteiger partial charge in [0.15, 0.2) is 0 Å². The molecule has 1 heterocycles. The molecule has 0 radical (unpaired) electrons. The van der Waals surface area contributed by atoms with Crippen molar-refractivity contribution in [3.05, 3.63) is 50.1 Å². The van der Waals surface area contributed by atoms with Crippen LogP contribution in [0.3, 0.4) is 0 Å². The number of carbonyl (C=O) groups excluding carboxylic acids is 1. The van der Waals surface area contributed by atoms with Crippen molar-refractivity contribution in [1.29, 1.82) is 0 Å². The van der Waals surface area contributed by atoms with Crippen molar-refractivity contribution in [2.75, 3.05) is 5.32 Å². The van der Waals surface area contributed by atoms with Crippen molar-refractivity contribution >= 4 is 38.9 Å². The fourth-order valence-corrected chi connectivity index (χ4v) is 2.82. The van der Waals surface area contributed by atoms with Crippen molar-refractivity contribution in [1.82, 2.24) is 0 Å². The second-order valence-corrected chi connectivity index (χ2v) is 6.06. The van der Waals surface area contributed by atoms with Crippen LogP contribution in [0.4, 0.5) is 18.9 Å². The molecule has 1 aromatic heterocycles. The van der Waals surface area contributed by atoms with E-state index in [-0.39, 0.29) is 0 Å². The molecule has 0 spiro atoms. The van der Waals surface area contributed by atoms with E-state index >= 15 is 0 Å². The van der Waals surface area contributed by atoms with E-state index in [1.807, 2.05) is 0 Å². The first-order valence-electron chi connectivity index (χ1n) is 5.75. The number of halogens is 4. The third-order valence-electron chi connectivity index (χ3n) is 2.69. The summed E-state index contributed by atoms with van der Waals surface area (Å²) in [5, 5.41) is 4.52. The van der Waals surface area contributed by atoms with Gasteiger partial charge in [-0.2, -0.15) is 13.2 Å². The molecule has 112 valence electrons. The molecule has 8 heteroatoms. The Morgan fingerprint density at radius 3 is 2.62 bits per heavy atom. The molecule has 0 atom stereocenters. The van der Waals surface area contributed by atoms with Crippen LogP contribution < -0.4 is 11.1 Å². The van der Waals surface area contributed by atoms with Crippen molar-refractivity contribution in [2.24, 2.45) is 5.73 Å². The Labute approximate surface area is 131 Å². The molecule has 0 aliphatic carbocycles. The number of alkyl halides is 3. The third kappa shape index (κ3) is 3.98. The topological polar surface area (TPSA) is 55.1 Å². The molecule has 0 saturated carbocycles. The maximum atomic E-state index is 12.7. The van der Waals surface area contributed by atoms with Crippen LogP contribution in [0.5, 0.6) is 0 Å². The van der Waals surface area contributed by atoms with Gasteiger partial charge in [0.05, 0.1) is 11.1 Å². The predicted octanol–water partition coefficient (Wildman–Crippen LogP) is 4.24. The Kier molecular flexibility index (Phi) is 4.58. The number of carbonyl (C=O) groups is 1. The van der Waals surface area contributed by atoms with Gasteiger partial charge in [0.25, 0.3) is 0 Å². The van der Waals surface area contributed by atoms with Gasteiger partial charge in [-0.1, -0.05) is 0 Å². The number of nitrogens with two attached hydrogens (primary N) is 1. The van der Waals surface area contributed by atoms with E-state index < -0.39 is 17.6 Å². The molecule has 21 heavy (non-hydrogen) atoms. The number of thiophene rings is 1. The molecule has 2 aromatic rings. The summed E-state index contributed by atoms with van der Waals surface area (Å²) >= 11 is 4.51. The lowest BCUT2D eigenvalue weighted by Gasteiger charge is -2.12. The van der Waals surface area contributed by atoms with E-state index in [2.05, 4.69) is 21.2 Å². The normalized spacial score (nSPS) is 11.4. The number of anilines is 1. The molecule has 2 rings (SSSR count). The Balaban J connectivity index is 2.13. The molecular formula is C13H10BrF3N2OS. The average molecular weight is 379 g/mol. The number of rotatable bonds is 4. The molecule has 0 aliphatic heterocycles. The standard InChI is InChI=1S/C13H10BrF3N2OS/c14-10-2-1-8(13(15,16)17)4-11(10)19-5-9-3-7(6-21-9)12(18)20/h1-4,6,19H,5H2,(H2,18,20). The number of hydrogen-bond donors (Lipinski definition) is 2. The highest BCUT2D eigenvalue weighted by Gasteiger charge is 2.30. The Bertz CT molecular complexity index is 670. The number of primary amides is 1. The minimum absolute atomic E-state index is 0.303. The second kappa shape index (κ2) is 6.07. The van der Waals surface area contributed by atoms with Crippen molar-refractivity contribution < 1.29 is 18.0 Å². The van der Waals surface area contributed by atoms with E-state index in [4.69, 9.17) is 5.73 Å². The number of amides is 1. The molecule has 0 saturated heterocycles. The van der Waals surface area contributed by atoms with Crippen LogP contribution >= 0.6 is 27.3 Å². The summed E-state index contributed by atoms with van der Waals surface area (Å²) in [4.78, 5) is 11.8. The SMILES string of the molecule is NC(=O)c1csc(CNc2cc(C(F)(F)F)ccc2Br)c1. The highest BCUT2D eigenvalue weighted by molar-refractivity contribution is 9.10.